The number of ether oxygens (including phenoxy) is 2. The number of benzene rings is 1. The van der Waals surface area contributed by atoms with Crippen molar-refractivity contribution < 1.29 is 23.9 Å². The quantitative estimate of drug-likeness (QED) is 0.832. The number of imide groups is 1. The predicted molar refractivity (Wildman–Crippen MR) is 79.9 cm³/mol. The summed E-state index contributed by atoms with van der Waals surface area (Å²) in [5, 5.41) is 0. The lowest BCUT2D eigenvalue weighted by molar-refractivity contribution is 0.0472. The first kappa shape index (κ1) is 15.3. The molecule has 1 aromatic rings. The first-order valence-electron chi connectivity index (χ1n) is 7.62. The molecule has 7 nitrogen and oxygen atoms in total. The number of likely N-dealkylation sites (tertiary alicyclic amines) is 1. The van der Waals surface area contributed by atoms with E-state index in [1.165, 1.54) is 9.80 Å². The summed E-state index contributed by atoms with van der Waals surface area (Å²) < 4.78 is 10.3. The Morgan fingerprint density at radius 3 is 2.74 bits per heavy atom. The van der Waals surface area contributed by atoms with E-state index in [0.29, 0.717) is 25.1 Å². The number of hydrogen-bond donors (Lipinski definition) is 0. The zero-order chi connectivity index (χ0) is 16.4. The lowest BCUT2D eigenvalue weighted by Gasteiger charge is -2.34. The van der Waals surface area contributed by atoms with Crippen LogP contribution in [0.3, 0.4) is 0 Å². The van der Waals surface area contributed by atoms with Crippen LogP contribution in [-0.2, 0) is 9.47 Å². The maximum Gasteiger partial charge on any atom is 0.417 e. The van der Waals surface area contributed by atoms with Crippen molar-refractivity contribution in [1.82, 2.24) is 9.80 Å². The van der Waals surface area contributed by atoms with Gasteiger partial charge in [0.15, 0.2) is 0 Å². The minimum Gasteiger partial charge on any atom is -0.450 e. The fraction of sp³-hybridized carbons (Fsp3) is 0.438. The standard InChI is InChI=1S/C16H18N2O5/c1-2-22-15(20)17-9-8-12-13(10-17)23-16(21)18(12)14(19)11-6-4-3-5-7-11/h3-7,12-13H,2,8-10H2,1H3/t12-,13+/m1/s1. The van der Waals surface area contributed by atoms with Gasteiger partial charge in [0.2, 0.25) is 0 Å². The molecule has 0 aromatic heterocycles. The van der Waals surface area contributed by atoms with Gasteiger partial charge in [0.05, 0.1) is 19.2 Å². The Morgan fingerprint density at radius 1 is 1.30 bits per heavy atom. The number of fused-ring (bicyclic) bond motifs is 1. The molecule has 2 aliphatic heterocycles. The normalized spacial score (nSPS) is 23.3. The minimum atomic E-state index is -0.653. The van der Waals surface area contributed by atoms with Crippen LogP contribution in [-0.4, -0.2) is 59.7 Å². The summed E-state index contributed by atoms with van der Waals surface area (Å²) in [5.74, 6) is -0.368. The fourth-order valence-electron chi connectivity index (χ4n) is 2.97. The average Bonchev–Trinajstić information content (AvgIpc) is 2.90. The second kappa shape index (κ2) is 6.28. The van der Waals surface area contributed by atoms with Gasteiger partial charge in [0.1, 0.15) is 6.10 Å². The fourth-order valence-corrected chi connectivity index (χ4v) is 2.97. The highest BCUT2D eigenvalue weighted by Crippen LogP contribution is 2.29. The largest absolute Gasteiger partial charge is 0.450 e. The first-order valence-corrected chi connectivity index (χ1v) is 7.62. The van der Waals surface area contributed by atoms with Gasteiger partial charge in [0, 0.05) is 12.1 Å². The highest BCUT2D eigenvalue weighted by molar-refractivity contribution is 6.04. The van der Waals surface area contributed by atoms with Crippen LogP contribution < -0.4 is 0 Å². The van der Waals surface area contributed by atoms with Gasteiger partial charge in [-0.25, -0.2) is 14.5 Å². The SMILES string of the molecule is CCOC(=O)N1CC[C@@H]2[C@H](C1)OC(=O)N2C(=O)c1ccccc1. The maximum atomic E-state index is 12.5. The summed E-state index contributed by atoms with van der Waals surface area (Å²) in [6, 6.07) is 8.28. The molecule has 3 rings (SSSR count). The summed E-state index contributed by atoms with van der Waals surface area (Å²) >= 11 is 0. The van der Waals surface area contributed by atoms with Crippen molar-refractivity contribution in [2.45, 2.75) is 25.5 Å². The third kappa shape index (κ3) is 2.86. The van der Waals surface area contributed by atoms with E-state index in [9.17, 15) is 14.4 Å². The van der Waals surface area contributed by atoms with Crippen molar-refractivity contribution in [2.75, 3.05) is 19.7 Å². The topological polar surface area (TPSA) is 76.2 Å². The van der Waals surface area contributed by atoms with Crippen LogP contribution in [0, 0.1) is 0 Å². The van der Waals surface area contributed by atoms with E-state index >= 15 is 0 Å². The second-order valence-corrected chi connectivity index (χ2v) is 5.46. The van der Waals surface area contributed by atoms with Crippen LogP contribution >= 0.6 is 0 Å². The van der Waals surface area contributed by atoms with Crippen LogP contribution in [0.4, 0.5) is 9.59 Å². The molecular formula is C16H18N2O5. The molecular weight excluding hydrogens is 300 g/mol. The Morgan fingerprint density at radius 2 is 2.04 bits per heavy atom. The lowest BCUT2D eigenvalue weighted by Crippen LogP contribution is -2.52. The van der Waals surface area contributed by atoms with E-state index in [2.05, 4.69) is 0 Å². The zero-order valence-electron chi connectivity index (χ0n) is 12.8. The second-order valence-electron chi connectivity index (χ2n) is 5.46. The Bertz CT molecular complexity index is 618. The van der Waals surface area contributed by atoms with E-state index in [0.717, 1.165) is 0 Å². The molecule has 2 heterocycles. The Kier molecular flexibility index (Phi) is 4.18. The summed E-state index contributed by atoms with van der Waals surface area (Å²) in [6.07, 6.45) is -1.10. The zero-order valence-corrected chi connectivity index (χ0v) is 12.8. The molecule has 7 heteroatoms. The number of carbonyl (C=O) groups excluding carboxylic acids is 3. The van der Waals surface area contributed by atoms with Crippen LogP contribution in [0.1, 0.15) is 23.7 Å². The van der Waals surface area contributed by atoms with Gasteiger partial charge in [-0.2, -0.15) is 0 Å². The molecule has 0 aliphatic carbocycles. The Balaban J connectivity index is 1.73. The van der Waals surface area contributed by atoms with Crippen LogP contribution in [0.5, 0.6) is 0 Å². The average molecular weight is 318 g/mol. The molecule has 0 N–H and O–H groups in total. The summed E-state index contributed by atoms with van der Waals surface area (Å²) in [5.41, 5.74) is 0.443. The third-order valence-corrected chi connectivity index (χ3v) is 4.07. The molecule has 1 aromatic carbocycles. The third-order valence-electron chi connectivity index (χ3n) is 4.07. The van der Waals surface area contributed by atoms with Gasteiger partial charge in [0.25, 0.3) is 5.91 Å². The van der Waals surface area contributed by atoms with E-state index in [1.54, 1.807) is 37.3 Å². The van der Waals surface area contributed by atoms with Crippen molar-refractivity contribution in [3.05, 3.63) is 35.9 Å². The van der Waals surface area contributed by atoms with Crippen LogP contribution in [0.15, 0.2) is 30.3 Å². The molecule has 2 fully saturated rings. The van der Waals surface area contributed by atoms with Crippen molar-refractivity contribution in [2.24, 2.45) is 0 Å². The van der Waals surface area contributed by atoms with Gasteiger partial charge in [-0.3, -0.25) is 4.79 Å². The van der Waals surface area contributed by atoms with Gasteiger partial charge in [-0.15, -0.1) is 0 Å². The Hall–Kier alpha value is -2.57. The van der Waals surface area contributed by atoms with Crippen molar-refractivity contribution in [1.29, 1.82) is 0 Å². The molecule has 3 amide bonds. The summed E-state index contributed by atoms with van der Waals surface area (Å²) in [7, 11) is 0. The monoisotopic (exact) mass is 318 g/mol. The summed E-state index contributed by atoms with van der Waals surface area (Å²) in [6.45, 7) is 2.70. The number of rotatable bonds is 2. The highest BCUT2D eigenvalue weighted by Gasteiger charge is 2.48. The van der Waals surface area contributed by atoms with E-state index in [4.69, 9.17) is 9.47 Å². The minimum absolute atomic E-state index is 0.244. The number of nitrogens with zero attached hydrogens (tertiary/aromatic N) is 2. The van der Waals surface area contributed by atoms with Gasteiger partial charge >= 0.3 is 12.2 Å². The molecule has 0 radical (unpaired) electrons. The molecule has 122 valence electrons. The van der Waals surface area contributed by atoms with Crippen LogP contribution in [0.2, 0.25) is 0 Å². The molecule has 0 unspecified atom stereocenters. The van der Waals surface area contributed by atoms with E-state index < -0.39 is 18.3 Å². The highest BCUT2D eigenvalue weighted by atomic mass is 16.6. The van der Waals surface area contributed by atoms with Crippen molar-refractivity contribution in [3.8, 4) is 0 Å². The van der Waals surface area contributed by atoms with Crippen molar-refractivity contribution in [3.63, 3.8) is 0 Å². The molecule has 2 aliphatic rings. The maximum absolute atomic E-state index is 12.5. The van der Waals surface area contributed by atoms with Gasteiger partial charge in [-0.05, 0) is 25.5 Å². The lowest BCUT2D eigenvalue weighted by atomic mass is 10.0. The molecule has 23 heavy (non-hydrogen) atoms. The smallest absolute Gasteiger partial charge is 0.417 e. The number of piperidine rings is 1. The van der Waals surface area contributed by atoms with E-state index in [-0.39, 0.29) is 18.5 Å². The van der Waals surface area contributed by atoms with Gasteiger partial charge in [-0.1, -0.05) is 18.2 Å². The number of hydrogen-bond acceptors (Lipinski definition) is 5. The van der Waals surface area contributed by atoms with E-state index in [1.807, 2.05) is 0 Å². The Labute approximate surface area is 133 Å². The van der Waals surface area contributed by atoms with Gasteiger partial charge < -0.3 is 14.4 Å². The molecule has 2 atom stereocenters. The van der Waals surface area contributed by atoms with Crippen LogP contribution in [0.25, 0.3) is 0 Å². The number of carbonyl (C=O) groups is 3. The predicted octanol–water partition coefficient (Wildman–Crippen LogP) is 1.88. The molecule has 0 saturated carbocycles. The number of amides is 3. The van der Waals surface area contributed by atoms with Crippen molar-refractivity contribution >= 4 is 18.1 Å². The molecule has 0 bridgehead atoms. The first-order chi connectivity index (χ1) is 11.1. The molecule has 0 spiro atoms. The molecule has 2 saturated heterocycles. The summed E-state index contributed by atoms with van der Waals surface area (Å²) in [4.78, 5) is 39.1.